The molecule has 1 atom stereocenters. The summed E-state index contributed by atoms with van der Waals surface area (Å²) in [5, 5.41) is 7.08. The Morgan fingerprint density at radius 1 is 1.42 bits per heavy atom. The minimum absolute atomic E-state index is 0.352. The molecular weight excluding hydrogens is 280 g/mol. The van der Waals surface area contributed by atoms with Gasteiger partial charge in [0.1, 0.15) is 5.02 Å². The summed E-state index contributed by atoms with van der Waals surface area (Å²) in [4.78, 5) is 8.57. The molecule has 0 aliphatic rings. The van der Waals surface area contributed by atoms with Crippen molar-refractivity contribution in [1.29, 1.82) is 0 Å². The molecule has 19 heavy (non-hydrogen) atoms. The number of hydrogen-bond acceptors (Lipinski definition) is 5. The van der Waals surface area contributed by atoms with Gasteiger partial charge >= 0.3 is 0 Å². The first-order valence-electron chi connectivity index (χ1n) is 6.78. The molecule has 1 rings (SSSR count). The Hall–Kier alpha value is -0.680. The van der Waals surface area contributed by atoms with Crippen LogP contribution in [0.5, 0.6) is 0 Å². The van der Waals surface area contributed by atoms with Crippen LogP contribution in [-0.4, -0.2) is 34.1 Å². The first-order valence-corrected chi connectivity index (χ1v) is 8.31. The number of anilines is 2. The average molecular weight is 303 g/mol. The van der Waals surface area contributed by atoms with Gasteiger partial charge in [0.05, 0.1) is 6.20 Å². The SMILES string of the molecule is CCCNc1ncc(Cl)c(NC(C)CCSCC)n1. The van der Waals surface area contributed by atoms with Crippen molar-refractivity contribution in [3.8, 4) is 0 Å². The molecule has 108 valence electrons. The summed E-state index contributed by atoms with van der Waals surface area (Å²) in [7, 11) is 0. The number of hydrogen-bond donors (Lipinski definition) is 2. The Labute approximate surface area is 125 Å². The van der Waals surface area contributed by atoms with Gasteiger partial charge in [0.15, 0.2) is 5.82 Å². The van der Waals surface area contributed by atoms with Gasteiger partial charge in [0.25, 0.3) is 0 Å². The van der Waals surface area contributed by atoms with E-state index in [2.05, 4.69) is 41.4 Å². The lowest BCUT2D eigenvalue weighted by molar-refractivity contribution is 0.765. The van der Waals surface area contributed by atoms with Crippen LogP contribution in [0.1, 0.15) is 33.6 Å². The van der Waals surface area contributed by atoms with Crippen LogP contribution in [0.3, 0.4) is 0 Å². The van der Waals surface area contributed by atoms with Gasteiger partial charge in [0.2, 0.25) is 5.95 Å². The number of nitrogens with one attached hydrogen (secondary N) is 2. The van der Waals surface area contributed by atoms with Crippen LogP contribution < -0.4 is 10.6 Å². The molecule has 0 spiro atoms. The average Bonchev–Trinajstić information content (AvgIpc) is 2.40. The highest BCUT2D eigenvalue weighted by atomic mass is 35.5. The molecule has 1 heterocycles. The third-order valence-electron chi connectivity index (χ3n) is 2.56. The highest BCUT2D eigenvalue weighted by molar-refractivity contribution is 7.99. The van der Waals surface area contributed by atoms with Crippen molar-refractivity contribution in [2.45, 2.75) is 39.7 Å². The van der Waals surface area contributed by atoms with Gasteiger partial charge < -0.3 is 10.6 Å². The second-order valence-electron chi connectivity index (χ2n) is 4.35. The lowest BCUT2D eigenvalue weighted by Crippen LogP contribution is -2.18. The third-order valence-corrected chi connectivity index (χ3v) is 3.77. The topological polar surface area (TPSA) is 49.8 Å². The third kappa shape index (κ3) is 6.34. The fourth-order valence-electron chi connectivity index (χ4n) is 1.50. The molecule has 0 bridgehead atoms. The van der Waals surface area contributed by atoms with E-state index in [1.54, 1.807) is 6.20 Å². The van der Waals surface area contributed by atoms with E-state index >= 15 is 0 Å². The van der Waals surface area contributed by atoms with E-state index in [1.807, 2.05) is 11.8 Å². The van der Waals surface area contributed by atoms with Crippen LogP contribution in [-0.2, 0) is 0 Å². The zero-order chi connectivity index (χ0) is 14.1. The number of halogens is 1. The summed E-state index contributed by atoms with van der Waals surface area (Å²) in [6.07, 6.45) is 3.78. The van der Waals surface area contributed by atoms with E-state index in [-0.39, 0.29) is 0 Å². The molecular formula is C13H23ClN4S. The van der Waals surface area contributed by atoms with Gasteiger partial charge in [-0.1, -0.05) is 25.4 Å². The molecule has 0 radical (unpaired) electrons. The molecule has 1 aromatic rings. The van der Waals surface area contributed by atoms with Crippen molar-refractivity contribution < 1.29 is 0 Å². The molecule has 0 aliphatic carbocycles. The summed E-state index contributed by atoms with van der Waals surface area (Å²) in [6, 6.07) is 0.352. The number of aromatic nitrogens is 2. The van der Waals surface area contributed by atoms with Crippen molar-refractivity contribution in [3.05, 3.63) is 11.2 Å². The lowest BCUT2D eigenvalue weighted by atomic mass is 10.2. The Kier molecular flexibility index (Phi) is 7.98. The smallest absolute Gasteiger partial charge is 0.224 e. The molecule has 0 amide bonds. The molecule has 0 saturated heterocycles. The van der Waals surface area contributed by atoms with Crippen LogP contribution in [0.25, 0.3) is 0 Å². The predicted octanol–water partition coefficient (Wildman–Crippen LogP) is 3.90. The molecule has 1 unspecified atom stereocenters. The minimum atomic E-state index is 0.352. The summed E-state index contributed by atoms with van der Waals surface area (Å²) >= 11 is 8.06. The van der Waals surface area contributed by atoms with Gasteiger partial charge in [-0.3, -0.25) is 0 Å². The molecule has 0 saturated carbocycles. The molecule has 0 fully saturated rings. The van der Waals surface area contributed by atoms with Crippen LogP contribution in [0.2, 0.25) is 5.02 Å². The van der Waals surface area contributed by atoms with Crippen molar-refractivity contribution in [2.75, 3.05) is 28.7 Å². The maximum atomic E-state index is 6.12. The minimum Gasteiger partial charge on any atom is -0.366 e. The summed E-state index contributed by atoms with van der Waals surface area (Å²) in [6.45, 7) is 7.29. The maximum Gasteiger partial charge on any atom is 0.224 e. The summed E-state index contributed by atoms with van der Waals surface area (Å²) < 4.78 is 0. The van der Waals surface area contributed by atoms with Gasteiger partial charge in [-0.05, 0) is 31.3 Å². The molecule has 0 aliphatic heterocycles. The van der Waals surface area contributed by atoms with Crippen molar-refractivity contribution in [3.63, 3.8) is 0 Å². The first-order chi connectivity index (χ1) is 9.17. The number of nitrogens with zero attached hydrogens (tertiary/aromatic N) is 2. The monoisotopic (exact) mass is 302 g/mol. The Morgan fingerprint density at radius 3 is 2.89 bits per heavy atom. The van der Waals surface area contributed by atoms with Crippen LogP contribution in [0, 0.1) is 0 Å². The highest BCUT2D eigenvalue weighted by Gasteiger charge is 2.08. The standard InChI is InChI=1S/C13H23ClN4S/c1-4-7-15-13-16-9-11(14)12(18-13)17-10(3)6-8-19-5-2/h9-10H,4-8H2,1-3H3,(H2,15,16,17,18). The van der Waals surface area contributed by atoms with E-state index in [4.69, 9.17) is 11.6 Å². The van der Waals surface area contributed by atoms with Crippen molar-refractivity contribution >= 4 is 35.1 Å². The Balaban J connectivity index is 2.55. The highest BCUT2D eigenvalue weighted by Crippen LogP contribution is 2.21. The van der Waals surface area contributed by atoms with Crippen LogP contribution in [0.15, 0.2) is 6.20 Å². The van der Waals surface area contributed by atoms with E-state index < -0.39 is 0 Å². The van der Waals surface area contributed by atoms with Gasteiger partial charge in [-0.2, -0.15) is 16.7 Å². The van der Waals surface area contributed by atoms with Gasteiger partial charge in [0, 0.05) is 12.6 Å². The molecule has 4 nitrogen and oxygen atoms in total. The van der Waals surface area contributed by atoms with E-state index in [1.165, 1.54) is 0 Å². The molecule has 6 heteroatoms. The van der Waals surface area contributed by atoms with Crippen molar-refractivity contribution in [2.24, 2.45) is 0 Å². The second-order valence-corrected chi connectivity index (χ2v) is 6.15. The van der Waals surface area contributed by atoms with Crippen molar-refractivity contribution in [1.82, 2.24) is 9.97 Å². The Morgan fingerprint density at radius 2 is 2.21 bits per heavy atom. The fraction of sp³-hybridized carbons (Fsp3) is 0.692. The lowest BCUT2D eigenvalue weighted by Gasteiger charge is -2.15. The predicted molar refractivity (Wildman–Crippen MR) is 86.5 cm³/mol. The van der Waals surface area contributed by atoms with E-state index in [0.29, 0.717) is 22.8 Å². The first kappa shape index (κ1) is 16.4. The van der Waals surface area contributed by atoms with E-state index in [0.717, 1.165) is 30.9 Å². The maximum absolute atomic E-state index is 6.12. The molecule has 0 aromatic carbocycles. The van der Waals surface area contributed by atoms with Gasteiger partial charge in [-0.25, -0.2) is 4.98 Å². The number of rotatable bonds is 9. The van der Waals surface area contributed by atoms with E-state index in [9.17, 15) is 0 Å². The quantitative estimate of drug-likeness (QED) is 0.678. The zero-order valence-electron chi connectivity index (χ0n) is 11.9. The summed E-state index contributed by atoms with van der Waals surface area (Å²) in [5.74, 6) is 3.65. The van der Waals surface area contributed by atoms with Crippen LogP contribution in [0.4, 0.5) is 11.8 Å². The second kappa shape index (κ2) is 9.26. The van der Waals surface area contributed by atoms with Gasteiger partial charge in [-0.15, -0.1) is 0 Å². The fourth-order valence-corrected chi connectivity index (χ4v) is 2.45. The summed E-state index contributed by atoms with van der Waals surface area (Å²) in [5.41, 5.74) is 0. The molecule has 2 N–H and O–H groups in total. The van der Waals surface area contributed by atoms with Crippen LogP contribution >= 0.6 is 23.4 Å². The normalized spacial score (nSPS) is 12.2. The zero-order valence-corrected chi connectivity index (χ0v) is 13.4. The number of thioether (sulfide) groups is 1. The Bertz CT molecular complexity index is 376. The molecule has 1 aromatic heterocycles. The largest absolute Gasteiger partial charge is 0.366 e.